The van der Waals surface area contributed by atoms with E-state index < -0.39 is 0 Å². The highest BCUT2D eigenvalue weighted by atomic mass is 19.1. The van der Waals surface area contributed by atoms with Gasteiger partial charge in [0.25, 0.3) is 0 Å². The molecule has 0 saturated carbocycles. The number of nitrogens with two attached hydrogens (primary N) is 1. The Balaban J connectivity index is 1.93. The molecule has 0 aliphatic carbocycles. The Morgan fingerprint density at radius 2 is 2.03 bits per heavy atom. The second kappa shape index (κ2) is 9.78. The molecule has 0 amide bonds. The summed E-state index contributed by atoms with van der Waals surface area (Å²) in [4.78, 5) is 27.3. The first-order valence-corrected chi connectivity index (χ1v) is 8.98. The molecule has 0 fully saturated rings. The van der Waals surface area contributed by atoms with E-state index in [9.17, 15) is 9.18 Å². The molecule has 0 radical (unpaired) electrons. The van der Waals surface area contributed by atoms with Crippen LogP contribution in [0.4, 0.5) is 16.2 Å². The summed E-state index contributed by atoms with van der Waals surface area (Å²) < 4.78 is 13.1. The number of nitrogens with one attached hydrogen (secondary N) is 3. The number of H-pyrrole nitrogens is 1. The predicted octanol–water partition coefficient (Wildman–Crippen LogP) is 3.01. The molecule has 152 valence electrons. The molecule has 0 spiro atoms. The molecule has 0 atom stereocenters. The number of aliphatic imine (C=N–C) groups is 1. The number of amidine groups is 1. The molecule has 2 aromatic heterocycles. The Morgan fingerprint density at radius 3 is 2.73 bits per heavy atom. The highest BCUT2D eigenvalue weighted by Gasteiger charge is 2.09. The van der Waals surface area contributed by atoms with Gasteiger partial charge in [-0.05, 0) is 29.8 Å². The van der Waals surface area contributed by atoms with Crippen molar-refractivity contribution in [2.45, 2.75) is 6.54 Å². The number of hydrogen-bond donors (Lipinski definition) is 4. The van der Waals surface area contributed by atoms with Crippen molar-refractivity contribution in [1.29, 1.82) is 0 Å². The highest BCUT2D eigenvalue weighted by molar-refractivity contribution is 6.03. The summed E-state index contributed by atoms with van der Waals surface area (Å²) in [7, 11) is 0. The van der Waals surface area contributed by atoms with Crippen LogP contribution in [-0.4, -0.2) is 20.8 Å². The van der Waals surface area contributed by atoms with Gasteiger partial charge in [-0.15, -0.1) is 0 Å². The fourth-order valence-electron chi connectivity index (χ4n) is 2.52. The first kappa shape index (κ1) is 20.5. The molecule has 0 aliphatic rings. The van der Waals surface area contributed by atoms with E-state index in [4.69, 9.17) is 5.73 Å². The lowest BCUT2D eigenvalue weighted by Crippen LogP contribution is -2.12. The summed E-state index contributed by atoms with van der Waals surface area (Å²) in [5.74, 6) is 0.876. The smallest absolute Gasteiger partial charge is 0.248 e. The molecule has 3 aromatic rings. The van der Waals surface area contributed by atoms with Gasteiger partial charge < -0.3 is 21.4 Å². The monoisotopic (exact) mass is 405 g/mol. The number of aromatic nitrogens is 3. The zero-order valence-electron chi connectivity index (χ0n) is 16.0. The third kappa shape index (κ3) is 5.61. The fourth-order valence-corrected chi connectivity index (χ4v) is 2.52. The van der Waals surface area contributed by atoms with Gasteiger partial charge in [0.2, 0.25) is 11.5 Å². The molecule has 8 nitrogen and oxygen atoms in total. The minimum absolute atomic E-state index is 0.247. The van der Waals surface area contributed by atoms with E-state index in [-0.39, 0.29) is 11.4 Å². The summed E-state index contributed by atoms with van der Waals surface area (Å²) in [5.41, 5.74) is 7.08. The maximum Gasteiger partial charge on any atom is 0.248 e. The van der Waals surface area contributed by atoms with Crippen LogP contribution in [0.25, 0.3) is 11.3 Å². The third-order valence-corrected chi connectivity index (χ3v) is 3.91. The number of anilines is 2. The number of benzene rings is 1. The first-order chi connectivity index (χ1) is 14.6. The lowest BCUT2D eigenvalue weighted by molar-refractivity contribution is 0.627. The van der Waals surface area contributed by atoms with Crippen molar-refractivity contribution in [3.8, 4) is 11.3 Å². The average molecular weight is 405 g/mol. The number of hydrogen-bond acceptors (Lipinski definition) is 6. The lowest BCUT2D eigenvalue weighted by atomic mass is 10.2. The summed E-state index contributed by atoms with van der Waals surface area (Å²) in [6, 6.07) is 11.0. The molecule has 0 aliphatic heterocycles. The molecule has 2 heterocycles. The summed E-state index contributed by atoms with van der Waals surface area (Å²) in [6.07, 6.45) is 5.76. The van der Waals surface area contributed by atoms with Gasteiger partial charge in [-0.3, -0.25) is 4.79 Å². The Morgan fingerprint density at radius 1 is 1.23 bits per heavy atom. The van der Waals surface area contributed by atoms with Gasteiger partial charge in [-0.1, -0.05) is 18.7 Å². The van der Waals surface area contributed by atoms with Crippen LogP contribution in [0.3, 0.4) is 0 Å². The lowest BCUT2D eigenvalue weighted by Gasteiger charge is -2.11. The zero-order chi connectivity index (χ0) is 21.3. The van der Waals surface area contributed by atoms with Crippen LogP contribution in [0.15, 0.2) is 83.5 Å². The highest BCUT2D eigenvalue weighted by Crippen LogP contribution is 2.20. The van der Waals surface area contributed by atoms with Gasteiger partial charge in [0, 0.05) is 42.8 Å². The van der Waals surface area contributed by atoms with Crippen molar-refractivity contribution in [1.82, 2.24) is 15.0 Å². The fraction of sp³-hybridized carbons (Fsp3) is 0.0476. The number of pyridine rings is 1. The van der Waals surface area contributed by atoms with Crippen LogP contribution < -0.4 is 21.9 Å². The Kier molecular flexibility index (Phi) is 6.67. The molecule has 9 heteroatoms. The first-order valence-electron chi connectivity index (χ1n) is 8.98. The summed E-state index contributed by atoms with van der Waals surface area (Å²) >= 11 is 0. The van der Waals surface area contributed by atoms with Crippen LogP contribution in [0.2, 0.25) is 0 Å². The van der Waals surface area contributed by atoms with E-state index in [1.54, 1.807) is 30.5 Å². The van der Waals surface area contributed by atoms with Crippen LogP contribution in [0.1, 0.15) is 5.56 Å². The van der Waals surface area contributed by atoms with Gasteiger partial charge in [0.05, 0.1) is 5.69 Å². The van der Waals surface area contributed by atoms with E-state index in [2.05, 4.69) is 37.2 Å². The van der Waals surface area contributed by atoms with Gasteiger partial charge in [-0.25, -0.2) is 14.4 Å². The van der Waals surface area contributed by atoms with Crippen molar-refractivity contribution in [2.24, 2.45) is 10.7 Å². The molecule has 1 aromatic carbocycles. The van der Waals surface area contributed by atoms with Crippen molar-refractivity contribution in [3.05, 3.63) is 95.5 Å². The molecule has 0 bridgehead atoms. The summed E-state index contributed by atoms with van der Waals surface area (Å²) in [6.45, 7) is 4.09. The van der Waals surface area contributed by atoms with Crippen molar-refractivity contribution >= 4 is 17.6 Å². The molecular formula is C21H20FN7O. The Labute approximate surface area is 172 Å². The Bertz CT molecular complexity index is 1140. The van der Waals surface area contributed by atoms with Crippen molar-refractivity contribution in [3.63, 3.8) is 0 Å². The van der Waals surface area contributed by atoms with Gasteiger partial charge in [0.15, 0.2) is 0 Å². The molecular weight excluding hydrogens is 385 g/mol. The van der Waals surface area contributed by atoms with E-state index in [1.807, 2.05) is 0 Å². The molecule has 5 N–H and O–H groups in total. The molecule has 3 rings (SSSR count). The maximum atomic E-state index is 13.1. The number of nitrogens with zero attached hydrogens (tertiary/aromatic N) is 3. The molecule has 0 saturated heterocycles. The van der Waals surface area contributed by atoms with E-state index >= 15 is 0 Å². The van der Waals surface area contributed by atoms with Gasteiger partial charge in [0.1, 0.15) is 17.5 Å². The number of halogens is 1. The molecule has 0 unspecified atom stereocenters. The number of rotatable bonds is 7. The molecule has 30 heavy (non-hydrogen) atoms. The second-order valence-electron chi connectivity index (χ2n) is 6.07. The van der Waals surface area contributed by atoms with E-state index in [0.29, 0.717) is 35.4 Å². The van der Waals surface area contributed by atoms with E-state index in [1.165, 1.54) is 36.7 Å². The maximum absolute atomic E-state index is 13.1. The van der Waals surface area contributed by atoms with E-state index in [0.717, 1.165) is 5.56 Å². The summed E-state index contributed by atoms with van der Waals surface area (Å²) in [5, 5.41) is 6.14. The number of aromatic amines is 1. The second-order valence-corrected chi connectivity index (χ2v) is 6.07. The van der Waals surface area contributed by atoms with Crippen LogP contribution in [0.5, 0.6) is 0 Å². The van der Waals surface area contributed by atoms with Crippen molar-refractivity contribution < 1.29 is 4.39 Å². The Hall–Kier alpha value is -4.27. The predicted molar refractivity (Wildman–Crippen MR) is 116 cm³/mol. The topological polar surface area (TPSA) is 121 Å². The quantitative estimate of drug-likeness (QED) is 0.354. The normalized spacial score (nSPS) is 11.4. The van der Waals surface area contributed by atoms with Crippen LogP contribution in [0, 0.1) is 5.82 Å². The minimum Gasteiger partial charge on any atom is -0.403 e. The van der Waals surface area contributed by atoms with Crippen LogP contribution in [-0.2, 0) is 6.54 Å². The van der Waals surface area contributed by atoms with Crippen molar-refractivity contribution in [2.75, 3.05) is 10.6 Å². The standard InChI is InChI=1S/C21H20FN7O/c1-2-18(24-10-8-23)28-19-12-17(15-7-9-25-20(30)11-15)27-21(29-19)26-13-14-3-5-16(22)6-4-14/h2-12H,1,13,23H2,(H,25,30)(H2,24,26,27,28,29)/b10-8-. The third-order valence-electron chi connectivity index (χ3n) is 3.91. The van der Waals surface area contributed by atoms with Crippen LogP contribution >= 0.6 is 0 Å². The van der Waals surface area contributed by atoms with Gasteiger partial charge >= 0.3 is 0 Å². The zero-order valence-corrected chi connectivity index (χ0v) is 16.0. The van der Waals surface area contributed by atoms with Gasteiger partial charge in [-0.2, -0.15) is 4.98 Å². The largest absolute Gasteiger partial charge is 0.403 e. The average Bonchev–Trinajstić information content (AvgIpc) is 2.76. The minimum atomic E-state index is -0.305. The SMILES string of the molecule is C=CC(=N/C=C\N)Nc1cc(-c2cc[nH]c(=O)c2)nc(NCc2ccc(F)cc2)n1.